The lowest BCUT2D eigenvalue weighted by atomic mass is 10.1. The maximum absolute atomic E-state index is 11.7. The zero-order valence-electron chi connectivity index (χ0n) is 10.7. The number of carbonyl (C=O) groups excluding carboxylic acids is 1. The minimum absolute atomic E-state index is 0.0540. The van der Waals surface area contributed by atoms with Gasteiger partial charge in [-0.05, 0) is 13.3 Å². The van der Waals surface area contributed by atoms with Crippen LogP contribution in [0.2, 0.25) is 0 Å². The van der Waals surface area contributed by atoms with Crippen molar-refractivity contribution < 1.29 is 19.4 Å². The van der Waals surface area contributed by atoms with Gasteiger partial charge in [0.15, 0.2) is 0 Å². The topological polar surface area (TPSA) is 78.9 Å². The summed E-state index contributed by atoms with van der Waals surface area (Å²) in [5, 5.41) is 11.3. The molecular weight excluding hydrogens is 224 g/mol. The van der Waals surface area contributed by atoms with Crippen LogP contribution in [0.5, 0.6) is 0 Å². The van der Waals surface area contributed by atoms with Crippen molar-refractivity contribution in [3.05, 3.63) is 0 Å². The number of likely N-dealkylation sites (N-methyl/N-ethyl adjacent to an activating group) is 1. The van der Waals surface area contributed by atoms with Gasteiger partial charge in [0.2, 0.25) is 0 Å². The number of urea groups is 1. The smallest absolute Gasteiger partial charge is 0.317 e. The lowest BCUT2D eigenvalue weighted by Gasteiger charge is -2.21. The maximum atomic E-state index is 11.7. The zero-order chi connectivity index (χ0) is 13.3. The Morgan fingerprint density at radius 2 is 2.06 bits per heavy atom. The average molecular weight is 246 g/mol. The van der Waals surface area contributed by atoms with Crippen LogP contribution in [0.4, 0.5) is 4.79 Å². The summed E-state index contributed by atoms with van der Waals surface area (Å²) in [4.78, 5) is 23.7. The van der Waals surface area contributed by atoms with Gasteiger partial charge in [0.25, 0.3) is 0 Å². The van der Waals surface area contributed by atoms with Gasteiger partial charge in [-0.3, -0.25) is 4.79 Å². The van der Waals surface area contributed by atoms with Gasteiger partial charge in [0, 0.05) is 26.2 Å². The molecule has 0 rings (SSSR count). The Labute approximate surface area is 102 Å². The van der Waals surface area contributed by atoms with E-state index in [0.717, 1.165) is 0 Å². The highest BCUT2D eigenvalue weighted by Crippen LogP contribution is 1.99. The van der Waals surface area contributed by atoms with E-state index in [0.29, 0.717) is 26.2 Å². The van der Waals surface area contributed by atoms with Gasteiger partial charge in [-0.15, -0.1) is 0 Å². The molecule has 0 aliphatic rings. The van der Waals surface area contributed by atoms with E-state index in [1.807, 2.05) is 13.8 Å². The summed E-state index contributed by atoms with van der Waals surface area (Å²) >= 11 is 0. The second kappa shape index (κ2) is 8.81. The van der Waals surface area contributed by atoms with Gasteiger partial charge in [-0.25, -0.2) is 4.79 Å². The van der Waals surface area contributed by atoms with E-state index in [4.69, 9.17) is 9.84 Å². The number of rotatable bonds is 8. The first-order valence-electron chi connectivity index (χ1n) is 5.82. The fourth-order valence-electron chi connectivity index (χ4n) is 1.24. The number of carboxylic acid groups (broad SMARTS) is 1. The molecule has 0 aromatic carbocycles. The highest BCUT2D eigenvalue weighted by molar-refractivity contribution is 5.75. The van der Waals surface area contributed by atoms with Crippen LogP contribution < -0.4 is 5.32 Å². The molecule has 0 fully saturated rings. The molecule has 0 spiro atoms. The lowest BCUT2D eigenvalue weighted by Crippen LogP contribution is -2.44. The third-order valence-electron chi connectivity index (χ3n) is 2.36. The molecule has 0 aromatic rings. The van der Waals surface area contributed by atoms with E-state index in [9.17, 15) is 9.59 Å². The minimum atomic E-state index is -0.908. The largest absolute Gasteiger partial charge is 0.481 e. The van der Waals surface area contributed by atoms with E-state index < -0.39 is 5.97 Å². The van der Waals surface area contributed by atoms with Crippen molar-refractivity contribution >= 4 is 12.0 Å². The number of ether oxygens (including phenoxy) is 1. The molecule has 2 amide bonds. The van der Waals surface area contributed by atoms with E-state index in [-0.39, 0.29) is 18.5 Å². The Morgan fingerprint density at radius 3 is 2.53 bits per heavy atom. The van der Waals surface area contributed by atoms with Crippen LogP contribution in [-0.4, -0.2) is 54.9 Å². The summed E-state index contributed by atoms with van der Waals surface area (Å²) in [5.41, 5.74) is 0. The normalized spacial score (nSPS) is 11.9. The average Bonchev–Trinajstić information content (AvgIpc) is 2.27. The second-order valence-electron chi connectivity index (χ2n) is 3.77. The lowest BCUT2D eigenvalue weighted by molar-refractivity contribution is -0.137. The van der Waals surface area contributed by atoms with Crippen LogP contribution in [0.1, 0.15) is 26.7 Å². The summed E-state index contributed by atoms with van der Waals surface area (Å²) < 4.78 is 5.13. The molecule has 0 bridgehead atoms. The summed E-state index contributed by atoms with van der Waals surface area (Å²) in [6.07, 6.45) is 0.541. The molecule has 0 heterocycles. The van der Waals surface area contributed by atoms with Crippen molar-refractivity contribution in [2.45, 2.75) is 32.7 Å². The third kappa shape index (κ3) is 7.57. The SMILES string of the molecule is CCOCCN(C)C(=O)NC(CC)CC(=O)O. The van der Waals surface area contributed by atoms with Crippen molar-refractivity contribution in [1.82, 2.24) is 10.2 Å². The number of hydrogen-bond donors (Lipinski definition) is 2. The monoisotopic (exact) mass is 246 g/mol. The molecule has 0 saturated heterocycles. The Kier molecular flexibility index (Phi) is 8.13. The number of aliphatic carboxylic acids is 1. The van der Waals surface area contributed by atoms with Gasteiger partial charge in [0.05, 0.1) is 13.0 Å². The number of carbonyl (C=O) groups is 2. The first-order valence-corrected chi connectivity index (χ1v) is 5.82. The molecule has 0 aliphatic heterocycles. The number of nitrogens with zero attached hydrogens (tertiary/aromatic N) is 1. The van der Waals surface area contributed by atoms with Crippen LogP contribution in [0.15, 0.2) is 0 Å². The molecule has 17 heavy (non-hydrogen) atoms. The standard InChI is InChI=1S/C11H22N2O4/c1-4-9(8-10(14)15)12-11(16)13(3)6-7-17-5-2/h9H,4-8H2,1-3H3,(H,12,16)(H,14,15). The summed E-state index contributed by atoms with van der Waals surface area (Å²) in [6, 6.07) is -0.590. The fourth-order valence-corrected chi connectivity index (χ4v) is 1.24. The molecule has 0 aromatic heterocycles. The molecule has 6 nitrogen and oxygen atoms in total. The molecule has 100 valence electrons. The summed E-state index contributed by atoms with van der Waals surface area (Å²) in [6.45, 7) is 5.32. The number of amides is 2. The van der Waals surface area contributed by atoms with Gasteiger partial charge in [-0.1, -0.05) is 6.92 Å². The van der Waals surface area contributed by atoms with Crippen LogP contribution in [0, 0.1) is 0 Å². The molecule has 1 atom stereocenters. The van der Waals surface area contributed by atoms with Gasteiger partial charge < -0.3 is 20.1 Å². The summed E-state index contributed by atoms with van der Waals surface area (Å²) in [5.74, 6) is -0.908. The van der Waals surface area contributed by atoms with E-state index in [2.05, 4.69) is 5.32 Å². The molecule has 0 radical (unpaired) electrons. The Bertz CT molecular complexity index is 246. The van der Waals surface area contributed by atoms with E-state index >= 15 is 0 Å². The van der Waals surface area contributed by atoms with Crippen LogP contribution in [-0.2, 0) is 9.53 Å². The van der Waals surface area contributed by atoms with Crippen molar-refractivity contribution in [3.63, 3.8) is 0 Å². The van der Waals surface area contributed by atoms with Gasteiger partial charge in [-0.2, -0.15) is 0 Å². The number of carboxylic acids is 1. The molecule has 1 unspecified atom stereocenters. The molecule has 0 saturated carbocycles. The van der Waals surface area contributed by atoms with E-state index in [1.165, 1.54) is 4.90 Å². The molecule has 0 aliphatic carbocycles. The second-order valence-corrected chi connectivity index (χ2v) is 3.77. The summed E-state index contributed by atoms with van der Waals surface area (Å²) in [7, 11) is 1.65. The fraction of sp³-hybridized carbons (Fsp3) is 0.818. The minimum Gasteiger partial charge on any atom is -0.481 e. The predicted molar refractivity (Wildman–Crippen MR) is 64.0 cm³/mol. The van der Waals surface area contributed by atoms with Crippen LogP contribution in [0.25, 0.3) is 0 Å². The van der Waals surface area contributed by atoms with Crippen molar-refractivity contribution in [2.24, 2.45) is 0 Å². The third-order valence-corrected chi connectivity index (χ3v) is 2.36. The van der Waals surface area contributed by atoms with Crippen LogP contribution >= 0.6 is 0 Å². The highest BCUT2D eigenvalue weighted by atomic mass is 16.5. The first-order chi connectivity index (χ1) is 8.01. The van der Waals surface area contributed by atoms with Gasteiger partial charge in [0.1, 0.15) is 0 Å². The van der Waals surface area contributed by atoms with Crippen molar-refractivity contribution in [3.8, 4) is 0 Å². The molecule has 2 N–H and O–H groups in total. The Morgan fingerprint density at radius 1 is 1.41 bits per heavy atom. The maximum Gasteiger partial charge on any atom is 0.317 e. The predicted octanol–water partition coefficient (Wildman–Crippen LogP) is 0.918. The quantitative estimate of drug-likeness (QED) is 0.624. The highest BCUT2D eigenvalue weighted by Gasteiger charge is 2.16. The Hall–Kier alpha value is -1.30. The van der Waals surface area contributed by atoms with Gasteiger partial charge >= 0.3 is 12.0 Å². The molecular formula is C11H22N2O4. The first kappa shape index (κ1) is 15.7. The number of hydrogen-bond acceptors (Lipinski definition) is 3. The van der Waals surface area contributed by atoms with Crippen molar-refractivity contribution in [2.75, 3.05) is 26.8 Å². The zero-order valence-corrected chi connectivity index (χ0v) is 10.7. The Balaban J connectivity index is 3.98. The number of nitrogens with one attached hydrogen (secondary N) is 1. The van der Waals surface area contributed by atoms with Crippen LogP contribution in [0.3, 0.4) is 0 Å². The van der Waals surface area contributed by atoms with E-state index in [1.54, 1.807) is 7.05 Å². The molecule has 6 heteroatoms. The van der Waals surface area contributed by atoms with Crippen molar-refractivity contribution in [1.29, 1.82) is 0 Å².